The van der Waals surface area contributed by atoms with Crippen LogP contribution in [0.25, 0.3) is 0 Å². The fourth-order valence-electron chi connectivity index (χ4n) is 3.06. The monoisotopic (exact) mass is 370 g/mol. The van der Waals surface area contributed by atoms with Crippen molar-refractivity contribution in [3.8, 4) is 0 Å². The van der Waals surface area contributed by atoms with Crippen molar-refractivity contribution in [2.75, 3.05) is 0 Å². The van der Waals surface area contributed by atoms with Crippen molar-refractivity contribution in [2.45, 2.75) is 122 Å². The first-order chi connectivity index (χ1) is 12.6. The lowest BCUT2D eigenvalue weighted by Gasteiger charge is -2.13. The summed E-state index contributed by atoms with van der Waals surface area (Å²) in [7, 11) is 0. The number of hydrogen-bond acceptors (Lipinski definition) is 3. The van der Waals surface area contributed by atoms with E-state index in [2.05, 4.69) is 19.1 Å². The maximum Gasteiger partial charge on any atom is 0.303 e. The van der Waals surface area contributed by atoms with Gasteiger partial charge in [-0.1, -0.05) is 76.9 Å². The Hall–Kier alpha value is -0.870. The van der Waals surface area contributed by atoms with E-state index in [-0.39, 0.29) is 12.2 Å². The smallest absolute Gasteiger partial charge is 0.303 e. The zero-order valence-electron chi connectivity index (χ0n) is 16.9. The molecule has 0 aromatic carbocycles. The summed E-state index contributed by atoms with van der Waals surface area (Å²) in [6.07, 6.45) is 19.0. The number of aliphatic hydroxyl groups excluding tert-OH is 2. The predicted octanol–water partition coefficient (Wildman–Crippen LogP) is 5.61. The molecule has 0 radical (unpaired) electrons. The van der Waals surface area contributed by atoms with Gasteiger partial charge >= 0.3 is 5.97 Å². The second kappa shape index (κ2) is 18.9. The van der Waals surface area contributed by atoms with E-state index in [4.69, 9.17) is 5.11 Å². The van der Waals surface area contributed by atoms with Gasteiger partial charge in [0.15, 0.2) is 0 Å². The van der Waals surface area contributed by atoms with E-state index in [1.807, 2.05) is 0 Å². The van der Waals surface area contributed by atoms with E-state index >= 15 is 0 Å². The highest BCUT2D eigenvalue weighted by Crippen LogP contribution is 2.14. The highest BCUT2D eigenvalue weighted by atomic mass is 16.4. The molecule has 4 nitrogen and oxygen atoms in total. The Balaban J connectivity index is 3.36. The van der Waals surface area contributed by atoms with Crippen LogP contribution in [-0.4, -0.2) is 33.5 Å². The molecule has 0 saturated heterocycles. The van der Waals surface area contributed by atoms with Crippen molar-refractivity contribution in [1.29, 1.82) is 0 Å². The van der Waals surface area contributed by atoms with Crippen LogP contribution in [0.2, 0.25) is 0 Å². The van der Waals surface area contributed by atoms with Crippen LogP contribution >= 0.6 is 0 Å². The number of unbranched alkanes of at least 4 members (excludes halogenated alkanes) is 9. The number of carboxylic acids is 1. The molecule has 4 heteroatoms. The number of rotatable bonds is 19. The lowest BCUT2D eigenvalue weighted by atomic mass is 10.0. The predicted molar refractivity (Wildman–Crippen MR) is 108 cm³/mol. The van der Waals surface area contributed by atoms with Crippen LogP contribution in [0.3, 0.4) is 0 Å². The first-order valence-electron chi connectivity index (χ1n) is 10.8. The zero-order valence-corrected chi connectivity index (χ0v) is 16.9. The van der Waals surface area contributed by atoms with Gasteiger partial charge in [0.25, 0.3) is 0 Å². The largest absolute Gasteiger partial charge is 0.481 e. The molecule has 3 N–H and O–H groups in total. The van der Waals surface area contributed by atoms with Gasteiger partial charge in [-0.05, 0) is 38.5 Å². The van der Waals surface area contributed by atoms with Crippen LogP contribution in [0.1, 0.15) is 110 Å². The Morgan fingerprint density at radius 3 is 1.96 bits per heavy atom. The molecule has 0 bridgehead atoms. The molecule has 0 aromatic heterocycles. The molecule has 0 aliphatic heterocycles. The van der Waals surface area contributed by atoms with Crippen LogP contribution in [0, 0.1) is 0 Å². The standard InChI is InChI=1S/C22H42O4/c1-2-3-4-9-12-15-20(23)18-19-21(24)16-13-10-7-5-6-8-11-14-17-22(25)26/h9,12,20-21,23-24H,2-8,10-11,13-19H2,1H3,(H,25,26). The summed E-state index contributed by atoms with van der Waals surface area (Å²) in [4.78, 5) is 10.4. The van der Waals surface area contributed by atoms with Crippen LogP contribution in [0.5, 0.6) is 0 Å². The van der Waals surface area contributed by atoms with Crippen molar-refractivity contribution in [2.24, 2.45) is 0 Å². The molecule has 0 fully saturated rings. The molecular formula is C22H42O4. The lowest BCUT2D eigenvalue weighted by molar-refractivity contribution is -0.137. The van der Waals surface area contributed by atoms with Crippen LogP contribution < -0.4 is 0 Å². The van der Waals surface area contributed by atoms with Crippen molar-refractivity contribution in [1.82, 2.24) is 0 Å². The van der Waals surface area contributed by atoms with Gasteiger partial charge in [-0.15, -0.1) is 0 Å². The van der Waals surface area contributed by atoms with Crippen LogP contribution in [-0.2, 0) is 4.79 Å². The van der Waals surface area contributed by atoms with Crippen molar-refractivity contribution >= 4 is 5.97 Å². The Morgan fingerprint density at radius 2 is 1.35 bits per heavy atom. The SMILES string of the molecule is CCCCC=CCC(O)CCC(O)CCCCCCCCCCC(=O)O. The lowest BCUT2D eigenvalue weighted by Crippen LogP contribution is -2.12. The van der Waals surface area contributed by atoms with E-state index < -0.39 is 5.97 Å². The molecule has 154 valence electrons. The van der Waals surface area contributed by atoms with Crippen molar-refractivity contribution < 1.29 is 20.1 Å². The zero-order chi connectivity index (χ0) is 19.5. The molecule has 2 unspecified atom stereocenters. The number of aliphatic hydroxyl groups is 2. The Labute approximate surface area is 160 Å². The summed E-state index contributed by atoms with van der Waals surface area (Å²) in [5.74, 6) is -0.695. The molecule has 0 rings (SSSR count). The molecule has 0 saturated carbocycles. The third-order valence-corrected chi connectivity index (χ3v) is 4.81. The fraction of sp³-hybridized carbons (Fsp3) is 0.864. The topological polar surface area (TPSA) is 77.8 Å². The van der Waals surface area contributed by atoms with Gasteiger partial charge in [0.2, 0.25) is 0 Å². The number of carbonyl (C=O) groups is 1. The Bertz CT molecular complexity index is 341. The number of aliphatic carboxylic acids is 1. The highest BCUT2D eigenvalue weighted by Gasteiger charge is 2.08. The summed E-state index contributed by atoms with van der Waals surface area (Å²) < 4.78 is 0. The third kappa shape index (κ3) is 19.5. The van der Waals surface area contributed by atoms with Gasteiger partial charge in [-0.3, -0.25) is 4.79 Å². The number of allylic oxidation sites excluding steroid dienone is 1. The molecule has 0 aliphatic rings. The van der Waals surface area contributed by atoms with Crippen molar-refractivity contribution in [3.05, 3.63) is 12.2 Å². The van der Waals surface area contributed by atoms with Crippen molar-refractivity contribution in [3.63, 3.8) is 0 Å². The van der Waals surface area contributed by atoms with E-state index in [0.29, 0.717) is 25.7 Å². The Morgan fingerprint density at radius 1 is 0.769 bits per heavy atom. The minimum absolute atomic E-state index is 0.287. The van der Waals surface area contributed by atoms with Gasteiger partial charge < -0.3 is 15.3 Å². The van der Waals surface area contributed by atoms with E-state index in [1.165, 1.54) is 32.1 Å². The number of hydrogen-bond donors (Lipinski definition) is 3. The third-order valence-electron chi connectivity index (χ3n) is 4.81. The molecule has 0 spiro atoms. The average molecular weight is 371 g/mol. The first-order valence-corrected chi connectivity index (χ1v) is 10.8. The summed E-state index contributed by atoms with van der Waals surface area (Å²) in [6.45, 7) is 2.18. The minimum atomic E-state index is -0.695. The summed E-state index contributed by atoms with van der Waals surface area (Å²) in [5, 5.41) is 28.5. The van der Waals surface area contributed by atoms with E-state index in [9.17, 15) is 15.0 Å². The van der Waals surface area contributed by atoms with E-state index in [1.54, 1.807) is 0 Å². The van der Waals surface area contributed by atoms with Gasteiger partial charge in [0, 0.05) is 6.42 Å². The average Bonchev–Trinajstić information content (AvgIpc) is 2.61. The second-order valence-electron chi connectivity index (χ2n) is 7.50. The molecule has 0 aromatic rings. The summed E-state index contributed by atoms with van der Waals surface area (Å²) >= 11 is 0. The molecule has 0 amide bonds. The quantitative estimate of drug-likeness (QED) is 0.204. The summed E-state index contributed by atoms with van der Waals surface area (Å²) in [6, 6.07) is 0. The molecule has 0 heterocycles. The maximum atomic E-state index is 10.4. The molecule has 26 heavy (non-hydrogen) atoms. The fourth-order valence-corrected chi connectivity index (χ4v) is 3.06. The van der Waals surface area contributed by atoms with Gasteiger partial charge in [-0.25, -0.2) is 0 Å². The van der Waals surface area contributed by atoms with Gasteiger partial charge in [0.05, 0.1) is 12.2 Å². The first kappa shape index (κ1) is 25.1. The van der Waals surface area contributed by atoms with Gasteiger partial charge in [-0.2, -0.15) is 0 Å². The minimum Gasteiger partial charge on any atom is -0.481 e. The normalized spacial score (nSPS) is 14.0. The van der Waals surface area contributed by atoms with Gasteiger partial charge in [0.1, 0.15) is 0 Å². The Kier molecular flexibility index (Phi) is 18.3. The summed E-state index contributed by atoms with van der Waals surface area (Å²) in [5.41, 5.74) is 0. The molecular weight excluding hydrogens is 328 g/mol. The second-order valence-corrected chi connectivity index (χ2v) is 7.50. The maximum absolute atomic E-state index is 10.4. The van der Waals surface area contributed by atoms with Crippen LogP contribution in [0.15, 0.2) is 12.2 Å². The molecule has 2 atom stereocenters. The molecule has 0 aliphatic carbocycles. The highest BCUT2D eigenvalue weighted by molar-refractivity contribution is 5.66. The van der Waals surface area contributed by atoms with Crippen LogP contribution in [0.4, 0.5) is 0 Å². The van der Waals surface area contributed by atoms with E-state index in [0.717, 1.165) is 44.9 Å². The number of carboxylic acid groups (broad SMARTS) is 1.